The monoisotopic (exact) mass is 423 g/mol. The van der Waals surface area contributed by atoms with Crippen molar-refractivity contribution in [2.45, 2.75) is 17.9 Å². The largest absolute Gasteiger partial charge is 0.449 e. The zero-order valence-electron chi connectivity index (χ0n) is 16.5. The van der Waals surface area contributed by atoms with Crippen LogP contribution in [0.1, 0.15) is 17.3 Å². The first kappa shape index (κ1) is 21.3. The fourth-order valence-corrected chi connectivity index (χ4v) is 3.50. The minimum absolute atomic E-state index is 0.00541. The van der Waals surface area contributed by atoms with Crippen LogP contribution in [-0.4, -0.2) is 32.7 Å². The average Bonchev–Trinajstić information content (AvgIpc) is 2.74. The van der Waals surface area contributed by atoms with Crippen LogP contribution < -0.4 is 5.32 Å². The highest BCUT2D eigenvalue weighted by molar-refractivity contribution is 7.90. The Morgan fingerprint density at radius 2 is 1.57 bits per heavy atom. The number of benzene rings is 3. The van der Waals surface area contributed by atoms with Crippen LogP contribution in [0.3, 0.4) is 0 Å². The van der Waals surface area contributed by atoms with Crippen molar-refractivity contribution in [2.24, 2.45) is 0 Å². The lowest BCUT2D eigenvalue weighted by Gasteiger charge is -2.16. The van der Waals surface area contributed by atoms with Crippen molar-refractivity contribution >= 4 is 27.4 Å². The van der Waals surface area contributed by atoms with Crippen molar-refractivity contribution in [1.29, 1.82) is 0 Å². The van der Waals surface area contributed by atoms with Crippen LogP contribution >= 0.6 is 0 Å². The molecule has 3 aromatic carbocycles. The number of rotatable bonds is 6. The Morgan fingerprint density at radius 1 is 0.900 bits per heavy atom. The van der Waals surface area contributed by atoms with E-state index in [0.717, 1.165) is 17.4 Å². The summed E-state index contributed by atoms with van der Waals surface area (Å²) in [6.07, 6.45) is -0.0271. The predicted molar refractivity (Wildman–Crippen MR) is 115 cm³/mol. The zero-order valence-corrected chi connectivity index (χ0v) is 17.3. The van der Waals surface area contributed by atoms with Crippen LogP contribution in [0.2, 0.25) is 0 Å². The second-order valence-electron chi connectivity index (χ2n) is 6.75. The zero-order chi connectivity index (χ0) is 21.7. The lowest BCUT2D eigenvalue weighted by molar-refractivity contribution is -0.123. The Bertz CT molecular complexity index is 1170. The maximum Gasteiger partial charge on any atom is 0.338 e. The molecule has 0 aliphatic carbocycles. The van der Waals surface area contributed by atoms with Gasteiger partial charge in [0.2, 0.25) is 0 Å². The highest BCUT2D eigenvalue weighted by Crippen LogP contribution is 2.27. The van der Waals surface area contributed by atoms with E-state index in [0.29, 0.717) is 5.69 Å². The summed E-state index contributed by atoms with van der Waals surface area (Å²) in [7, 11) is -3.46. The third-order valence-corrected chi connectivity index (χ3v) is 5.53. The number of hydrogen-bond acceptors (Lipinski definition) is 5. The molecule has 0 radical (unpaired) electrons. The van der Waals surface area contributed by atoms with Gasteiger partial charge in [-0.2, -0.15) is 0 Å². The fourth-order valence-electron chi connectivity index (χ4n) is 2.83. The lowest BCUT2D eigenvalue weighted by Crippen LogP contribution is -2.30. The molecule has 0 saturated heterocycles. The number of ether oxygens (including phenoxy) is 1. The van der Waals surface area contributed by atoms with Crippen LogP contribution in [0.4, 0.5) is 5.69 Å². The number of esters is 1. The molecule has 0 spiro atoms. The van der Waals surface area contributed by atoms with Gasteiger partial charge in [0, 0.05) is 17.5 Å². The van der Waals surface area contributed by atoms with E-state index in [2.05, 4.69) is 5.32 Å². The molecule has 0 heterocycles. The molecule has 3 rings (SSSR count). The number of hydrogen-bond donors (Lipinski definition) is 1. The van der Waals surface area contributed by atoms with Gasteiger partial charge >= 0.3 is 5.97 Å². The third kappa shape index (κ3) is 5.12. The summed E-state index contributed by atoms with van der Waals surface area (Å²) in [6, 6.07) is 22.4. The van der Waals surface area contributed by atoms with Gasteiger partial charge in [-0.1, -0.05) is 54.6 Å². The maximum atomic E-state index is 12.6. The van der Waals surface area contributed by atoms with Crippen molar-refractivity contribution in [1.82, 2.24) is 0 Å². The van der Waals surface area contributed by atoms with Crippen molar-refractivity contribution in [2.75, 3.05) is 11.6 Å². The van der Waals surface area contributed by atoms with Crippen LogP contribution in [0.15, 0.2) is 83.8 Å². The van der Waals surface area contributed by atoms with E-state index in [9.17, 15) is 18.0 Å². The number of para-hydroxylation sites is 1. The van der Waals surface area contributed by atoms with Crippen LogP contribution in [0.5, 0.6) is 0 Å². The van der Waals surface area contributed by atoms with Crippen molar-refractivity contribution in [3.05, 3.63) is 84.4 Å². The molecule has 154 valence electrons. The molecule has 0 unspecified atom stereocenters. The highest BCUT2D eigenvalue weighted by atomic mass is 32.2. The Kier molecular flexibility index (Phi) is 6.32. The molecule has 30 heavy (non-hydrogen) atoms. The predicted octanol–water partition coefficient (Wildman–Crippen LogP) is 3.94. The molecule has 0 aliphatic rings. The smallest absolute Gasteiger partial charge is 0.338 e. The van der Waals surface area contributed by atoms with E-state index in [4.69, 9.17) is 4.74 Å². The molecule has 0 fully saturated rings. The average molecular weight is 423 g/mol. The molecule has 1 N–H and O–H groups in total. The maximum absolute atomic E-state index is 12.6. The van der Waals surface area contributed by atoms with Crippen LogP contribution in [0, 0.1) is 0 Å². The number of amides is 1. The molecule has 3 aromatic rings. The van der Waals surface area contributed by atoms with E-state index in [1.807, 2.05) is 42.5 Å². The first-order valence-electron chi connectivity index (χ1n) is 9.22. The quantitative estimate of drug-likeness (QED) is 0.607. The van der Waals surface area contributed by atoms with Gasteiger partial charge in [0.15, 0.2) is 15.9 Å². The second kappa shape index (κ2) is 8.92. The van der Waals surface area contributed by atoms with Gasteiger partial charge in [0.25, 0.3) is 5.91 Å². The summed E-state index contributed by atoms with van der Waals surface area (Å²) in [5.74, 6) is -1.27. The molecule has 0 aromatic heterocycles. The van der Waals surface area contributed by atoms with Gasteiger partial charge in [-0.25, -0.2) is 13.2 Å². The van der Waals surface area contributed by atoms with E-state index >= 15 is 0 Å². The summed E-state index contributed by atoms with van der Waals surface area (Å²) >= 11 is 0. The number of anilines is 1. The molecule has 0 saturated carbocycles. The SMILES string of the molecule is C[C@@H](OC(=O)c1cccc(S(C)(=O)=O)c1)C(=O)Nc1ccccc1-c1ccccc1. The number of sulfone groups is 1. The van der Waals surface area contributed by atoms with E-state index in [-0.39, 0.29) is 10.5 Å². The highest BCUT2D eigenvalue weighted by Gasteiger charge is 2.21. The Hall–Kier alpha value is -3.45. The summed E-state index contributed by atoms with van der Waals surface area (Å²) in [5.41, 5.74) is 2.43. The minimum atomic E-state index is -3.46. The van der Waals surface area contributed by atoms with Gasteiger partial charge < -0.3 is 10.1 Å². The van der Waals surface area contributed by atoms with Crippen molar-refractivity contribution < 1.29 is 22.7 Å². The molecular formula is C23H21NO5S. The molecule has 0 aliphatic heterocycles. The van der Waals surface area contributed by atoms with E-state index < -0.39 is 27.8 Å². The lowest BCUT2D eigenvalue weighted by atomic mass is 10.0. The van der Waals surface area contributed by atoms with Gasteiger partial charge in [0.1, 0.15) is 0 Å². The molecule has 6 nitrogen and oxygen atoms in total. The van der Waals surface area contributed by atoms with Gasteiger partial charge in [-0.05, 0) is 36.8 Å². The molecular weight excluding hydrogens is 402 g/mol. The van der Waals surface area contributed by atoms with Crippen molar-refractivity contribution in [3.63, 3.8) is 0 Å². The minimum Gasteiger partial charge on any atom is -0.449 e. The van der Waals surface area contributed by atoms with Gasteiger partial charge in [-0.3, -0.25) is 4.79 Å². The number of carbonyl (C=O) groups excluding carboxylic acids is 2. The normalized spacial score (nSPS) is 12.1. The van der Waals surface area contributed by atoms with Gasteiger partial charge in [-0.15, -0.1) is 0 Å². The number of nitrogens with one attached hydrogen (secondary N) is 1. The fraction of sp³-hybridized carbons (Fsp3) is 0.130. The molecule has 1 atom stereocenters. The van der Waals surface area contributed by atoms with Gasteiger partial charge in [0.05, 0.1) is 10.5 Å². The van der Waals surface area contributed by atoms with Crippen molar-refractivity contribution in [3.8, 4) is 11.1 Å². The molecule has 7 heteroatoms. The Balaban J connectivity index is 1.73. The standard InChI is InChI=1S/C23H21NO5S/c1-16(29-23(26)18-11-8-12-19(15-18)30(2,27)28)22(25)24-21-14-7-6-13-20(21)17-9-4-3-5-10-17/h3-16H,1-2H3,(H,24,25)/t16-/m1/s1. The Morgan fingerprint density at radius 3 is 2.27 bits per heavy atom. The Labute approximate surface area is 175 Å². The van der Waals surface area contributed by atoms with Crippen LogP contribution in [0.25, 0.3) is 11.1 Å². The summed E-state index contributed by atoms with van der Waals surface area (Å²) in [4.78, 5) is 25.0. The second-order valence-corrected chi connectivity index (χ2v) is 8.76. The van der Waals surface area contributed by atoms with E-state index in [1.54, 1.807) is 12.1 Å². The molecule has 1 amide bonds. The summed E-state index contributed by atoms with van der Waals surface area (Å²) in [6.45, 7) is 1.46. The summed E-state index contributed by atoms with van der Waals surface area (Å²) < 4.78 is 28.6. The molecule has 0 bridgehead atoms. The third-order valence-electron chi connectivity index (χ3n) is 4.42. The summed E-state index contributed by atoms with van der Waals surface area (Å²) in [5, 5.41) is 2.79. The topological polar surface area (TPSA) is 89.5 Å². The first-order valence-corrected chi connectivity index (χ1v) is 11.1. The number of carbonyl (C=O) groups is 2. The first-order chi connectivity index (χ1) is 14.3. The van der Waals surface area contributed by atoms with E-state index in [1.165, 1.54) is 31.2 Å². The van der Waals surface area contributed by atoms with Crippen LogP contribution in [-0.2, 0) is 19.4 Å².